The summed E-state index contributed by atoms with van der Waals surface area (Å²) < 4.78 is 5.76. The van der Waals surface area contributed by atoms with Gasteiger partial charge in [0, 0.05) is 51.5 Å². The van der Waals surface area contributed by atoms with Crippen molar-refractivity contribution in [2.24, 2.45) is 0 Å². The molecule has 1 N–H and O–H groups in total. The van der Waals surface area contributed by atoms with Crippen LogP contribution >= 0.6 is 15.9 Å². The Kier molecular flexibility index (Phi) is 14.5. The van der Waals surface area contributed by atoms with Crippen molar-refractivity contribution in [1.29, 1.82) is 0 Å². The zero-order valence-corrected chi connectivity index (χ0v) is 59.8. The Morgan fingerprint density at radius 1 is 0.213 bits per heavy atom. The first kappa shape index (κ1) is 62.7. The van der Waals surface area contributed by atoms with Gasteiger partial charge in [0.05, 0.1) is 78.6 Å². The molecule has 4 aromatic heterocycles. The van der Waals surface area contributed by atoms with Crippen molar-refractivity contribution >= 4 is 228 Å². The molecule has 18 aromatic carbocycles. The monoisotopic (exact) mass is 1440 g/mol. The number of pyridine rings is 2. The molecule has 0 saturated carbocycles. The number of nitrogens with zero attached hydrogens (tertiary/aromatic N) is 7. The summed E-state index contributed by atoms with van der Waals surface area (Å²) in [5, 5.41) is 26.0. The van der Waals surface area contributed by atoms with E-state index in [1.807, 2.05) is 30.3 Å². The van der Waals surface area contributed by atoms with Crippen LogP contribution in [0.1, 0.15) is 0 Å². The molecule has 10 heteroatoms. The molecule has 22 aromatic rings. The summed E-state index contributed by atoms with van der Waals surface area (Å²) in [6, 6.07) is 131. The highest BCUT2D eigenvalue weighted by molar-refractivity contribution is 9.10. The lowest BCUT2D eigenvalue weighted by Gasteiger charge is -2.40. The molecule has 24 rings (SSSR count). The van der Waals surface area contributed by atoms with Gasteiger partial charge in [-0.3, -0.25) is 8.80 Å². The van der Waals surface area contributed by atoms with Gasteiger partial charge in [-0.15, -0.1) is 0 Å². The molecule has 0 unspecified atom stereocenters. The maximum absolute atomic E-state index is 5.18. The lowest BCUT2D eigenvalue weighted by atomic mass is 9.92. The molecule has 0 saturated heterocycles. The minimum atomic E-state index is 0. The smallest absolute Gasteiger partial charge is 0.146 e. The van der Waals surface area contributed by atoms with Gasteiger partial charge in [0.1, 0.15) is 11.3 Å². The molecule has 6 heterocycles. The van der Waals surface area contributed by atoms with Gasteiger partial charge in [-0.25, -0.2) is 9.97 Å². The number of benzene rings is 18. The van der Waals surface area contributed by atoms with E-state index in [0.29, 0.717) is 0 Å². The predicted octanol–water partition coefficient (Wildman–Crippen LogP) is 27.4. The van der Waals surface area contributed by atoms with Crippen LogP contribution in [0.5, 0.6) is 0 Å². The highest BCUT2D eigenvalue weighted by atomic mass is 79.9. The Morgan fingerprint density at radius 2 is 0.537 bits per heavy atom. The van der Waals surface area contributed by atoms with Gasteiger partial charge in [0.15, 0.2) is 0 Å². The maximum atomic E-state index is 5.18. The minimum Gasteiger partial charge on any atom is -0.352 e. The van der Waals surface area contributed by atoms with Crippen molar-refractivity contribution in [2.75, 3.05) is 20.0 Å². The molecule has 108 heavy (non-hydrogen) atoms. The van der Waals surface area contributed by atoms with Gasteiger partial charge in [-0.05, 0) is 221 Å². The van der Waals surface area contributed by atoms with Crippen LogP contribution in [-0.2, 0) is 0 Å². The van der Waals surface area contributed by atoms with Crippen LogP contribution in [0.3, 0.4) is 0 Å². The second-order valence-electron chi connectivity index (χ2n) is 27.8. The first-order valence-corrected chi connectivity index (χ1v) is 37.1. The van der Waals surface area contributed by atoms with Crippen LogP contribution in [0.25, 0.3) is 141 Å². The highest BCUT2D eigenvalue weighted by Crippen LogP contribution is 2.58. The van der Waals surface area contributed by atoms with Crippen LogP contribution in [0.2, 0.25) is 0 Å². The van der Waals surface area contributed by atoms with Crippen molar-refractivity contribution in [3.05, 3.63) is 368 Å². The van der Waals surface area contributed by atoms with Crippen molar-refractivity contribution in [2.45, 2.75) is 0 Å². The summed E-state index contributed by atoms with van der Waals surface area (Å²) in [4.78, 5) is 17.6. The molecule has 503 valence electrons. The van der Waals surface area contributed by atoms with Crippen LogP contribution in [0.15, 0.2) is 368 Å². The standard InChI is InChI=1S/C49H30N4.C43H26N4.C6H5Br.B/c1-2-14-31(15-3-1)51-45-24-12-13-25-46(45)52(48-30-41-36-19-7-5-17-34(36)33-16-4-6-18-35(33)40(41)29-47(48)51)32-26-27-38-39(28-32)37-20-8-10-22-43(37)53-44-23-11-9-21-42(44)50-49(38)53;1-3-13-29-27(11-1)28-12-2-4-14-30(28)35-25-42-38(24-34(29)35)44-36-16-6-9-19-40(36)46(42)26-21-22-32-33(23-26)31-15-5-8-18-39(31)47-41-20-10-7-17-37(41)45-43(32)47;7-6-4-2-1-3-5-6;/h1-30H;1-25,44H;1-5H;. The highest BCUT2D eigenvalue weighted by Gasteiger charge is 2.33. The first-order valence-electron chi connectivity index (χ1n) is 36.3. The van der Waals surface area contributed by atoms with E-state index < -0.39 is 0 Å². The first-order chi connectivity index (χ1) is 53.0. The number of fused-ring (bicyclic) bond motifs is 32. The summed E-state index contributed by atoms with van der Waals surface area (Å²) >= 11 is 3.31. The van der Waals surface area contributed by atoms with E-state index in [4.69, 9.17) is 9.97 Å². The molecule has 2 aliphatic rings. The van der Waals surface area contributed by atoms with Crippen LogP contribution < -0.4 is 20.0 Å². The zero-order chi connectivity index (χ0) is 70.4. The van der Waals surface area contributed by atoms with Crippen molar-refractivity contribution in [1.82, 2.24) is 18.8 Å². The molecular weight excluding hydrogens is 1380 g/mol. The van der Waals surface area contributed by atoms with E-state index in [0.717, 1.165) is 122 Å². The molecule has 2 aliphatic heterocycles. The van der Waals surface area contributed by atoms with Crippen molar-refractivity contribution in [3.8, 4) is 0 Å². The average molecular weight is 1440 g/mol. The van der Waals surface area contributed by atoms with E-state index >= 15 is 0 Å². The molecule has 0 atom stereocenters. The number of anilines is 11. The molecular formula is C98H61BBrN8. The van der Waals surface area contributed by atoms with Gasteiger partial charge >= 0.3 is 0 Å². The Morgan fingerprint density at radius 3 is 0.981 bits per heavy atom. The molecule has 0 bridgehead atoms. The van der Waals surface area contributed by atoms with Gasteiger partial charge in [-0.1, -0.05) is 234 Å². The third-order valence-electron chi connectivity index (χ3n) is 21.9. The fourth-order valence-electron chi connectivity index (χ4n) is 17.4. The van der Waals surface area contributed by atoms with Crippen LogP contribution in [0, 0.1) is 0 Å². The largest absolute Gasteiger partial charge is 0.352 e. The summed E-state index contributed by atoms with van der Waals surface area (Å²) in [6.45, 7) is 0. The van der Waals surface area contributed by atoms with E-state index in [9.17, 15) is 0 Å². The molecule has 0 spiro atoms. The predicted molar refractivity (Wildman–Crippen MR) is 461 cm³/mol. The van der Waals surface area contributed by atoms with E-state index in [2.05, 4.69) is 378 Å². The van der Waals surface area contributed by atoms with Crippen molar-refractivity contribution < 1.29 is 0 Å². The number of nitrogens with one attached hydrogen (secondary N) is 1. The number of hydrogen-bond donors (Lipinski definition) is 1. The van der Waals surface area contributed by atoms with Gasteiger partial charge < -0.3 is 20.0 Å². The summed E-state index contributed by atoms with van der Waals surface area (Å²) in [6.07, 6.45) is 0. The number of para-hydroxylation sites is 11. The van der Waals surface area contributed by atoms with E-state index in [-0.39, 0.29) is 8.41 Å². The summed E-state index contributed by atoms with van der Waals surface area (Å²) in [5.74, 6) is 0. The second kappa shape index (κ2) is 25.0. The molecule has 0 fully saturated rings. The van der Waals surface area contributed by atoms with Crippen molar-refractivity contribution in [3.63, 3.8) is 0 Å². The zero-order valence-electron chi connectivity index (χ0n) is 58.2. The number of rotatable bonds is 3. The Balaban J connectivity index is 0.000000126. The fraction of sp³-hybridized carbons (Fsp3) is 0. The molecule has 0 amide bonds. The van der Waals surface area contributed by atoms with E-state index in [1.165, 1.54) is 86.2 Å². The SMILES string of the molecule is Brc1ccccc1.[B].c1ccc(N2c3ccccc3N(c3ccc4c(c3)c3ccccc3n3c5ccccc5nc43)c3cc4c5ccccc5c5ccccc5c4cc32)cc1.c1ccc2c(c1)Nc1cc3c4ccccc4c4ccccc4c3cc1N2c1ccc2c(c1)c1ccccc1n1c3ccccc3nc21. The number of imidazole rings is 2. The maximum Gasteiger partial charge on any atom is 0.146 e. The number of hydrogen-bond acceptors (Lipinski definition) is 6. The van der Waals surface area contributed by atoms with E-state index in [1.54, 1.807) is 0 Å². The van der Waals surface area contributed by atoms with Gasteiger partial charge in [-0.2, -0.15) is 0 Å². The molecule has 0 aliphatic carbocycles. The second-order valence-corrected chi connectivity index (χ2v) is 28.7. The molecule has 8 nitrogen and oxygen atoms in total. The average Bonchev–Trinajstić information content (AvgIpc) is 0.963. The van der Waals surface area contributed by atoms with Gasteiger partial charge in [0.2, 0.25) is 0 Å². The molecule has 3 radical (unpaired) electrons. The Hall–Kier alpha value is -13.8. The summed E-state index contributed by atoms with van der Waals surface area (Å²) in [7, 11) is 0. The topological polar surface area (TPSA) is 56.4 Å². The minimum absolute atomic E-state index is 0. The normalized spacial score (nSPS) is 12.4. The number of halogens is 1. The fourth-order valence-corrected chi connectivity index (χ4v) is 17.7. The summed E-state index contributed by atoms with van der Waals surface area (Å²) in [5.41, 5.74) is 20.9. The van der Waals surface area contributed by atoms with Crippen LogP contribution in [0.4, 0.5) is 62.6 Å². The Bertz CT molecular complexity index is 7480. The number of aromatic nitrogens is 4. The Labute approximate surface area is 631 Å². The van der Waals surface area contributed by atoms with Crippen LogP contribution in [-0.4, -0.2) is 27.2 Å². The lowest BCUT2D eigenvalue weighted by molar-refractivity contribution is 1.18. The quantitative estimate of drug-likeness (QED) is 0.141. The van der Waals surface area contributed by atoms with Gasteiger partial charge in [0.25, 0.3) is 0 Å². The lowest BCUT2D eigenvalue weighted by Crippen LogP contribution is -2.24. The third kappa shape index (κ3) is 9.63. The third-order valence-corrected chi connectivity index (χ3v) is 22.5.